The molecule has 0 amide bonds. The fourth-order valence-corrected chi connectivity index (χ4v) is 2.95. The molecule has 2 aliphatic heterocycles. The first-order valence-electron chi connectivity index (χ1n) is 6.89. The van der Waals surface area contributed by atoms with Gasteiger partial charge in [0.15, 0.2) is 0 Å². The molecule has 2 atom stereocenters. The van der Waals surface area contributed by atoms with Crippen LogP contribution in [0.5, 0.6) is 0 Å². The highest BCUT2D eigenvalue weighted by Gasteiger charge is 2.37. The first-order valence-corrected chi connectivity index (χ1v) is 6.89. The Kier molecular flexibility index (Phi) is 3.83. The number of aliphatic hydroxyl groups excluding tert-OH is 1. The summed E-state index contributed by atoms with van der Waals surface area (Å²) in [6.45, 7) is 4.36. The Morgan fingerprint density at radius 3 is 2.90 bits per heavy atom. The van der Waals surface area contributed by atoms with Crippen LogP contribution in [0, 0.1) is 11.3 Å². The molecule has 3 rings (SSSR count). The first kappa shape index (κ1) is 13.3. The molecular formula is C14H18N4O2. The zero-order valence-electron chi connectivity index (χ0n) is 11.3. The van der Waals surface area contributed by atoms with E-state index in [0.29, 0.717) is 24.5 Å². The molecule has 6 nitrogen and oxygen atoms in total. The second-order valence-corrected chi connectivity index (χ2v) is 5.17. The molecule has 3 heterocycles. The van der Waals surface area contributed by atoms with E-state index < -0.39 is 6.10 Å². The Hall–Kier alpha value is -1.68. The van der Waals surface area contributed by atoms with Gasteiger partial charge in [0.25, 0.3) is 0 Å². The van der Waals surface area contributed by atoms with Crippen molar-refractivity contribution >= 4 is 5.82 Å². The third-order valence-electron chi connectivity index (χ3n) is 3.98. The third kappa shape index (κ3) is 2.48. The van der Waals surface area contributed by atoms with Gasteiger partial charge in [-0.2, -0.15) is 5.26 Å². The van der Waals surface area contributed by atoms with Gasteiger partial charge in [-0.3, -0.25) is 4.90 Å². The lowest BCUT2D eigenvalue weighted by molar-refractivity contribution is -0.00588. The molecule has 20 heavy (non-hydrogen) atoms. The number of aliphatic hydroxyl groups is 1. The number of nitrogens with zero attached hydrogens (tertiary/aromatic N) is 4. The lowest BCUT2D eigenvalue weighted by Crippen LogP contribution is -2.48. The molecule has 0 saturated carbocycles. The van der Waals surface area contributed by atoms with Crippen molar-refractivity contribution in [2.75, 3.05) is 44.3 Å². The first-order chi connectivity index (χ1) is 9.79. The lowest BCUT2D eigenvalue weighted by atomic mass is 10.1. The SMILES string of the molecule is N#Cc1cccnc1N1C[C@H](O)[C@@H](N2CCOCC2)C1. The molecule has 0 radical (unpaired) electrons. The molecule has 0 spiro atoms. The number of ether oxygens (including phenoxy) is 1. The van der Waals surface area contributed by atoms with Crippen molar-refractivity contribution < 1.29 is 9.84 Å². The van der Waals surface area contributed by atoms with Crippen LogP contribution in [0.1, 0.15) is 5.56 Å². The van der Waals surface area contributed by atoms with Crippen LogP contribution in [0.2, 0.25) is 0 Å². The maximum absolute atomic E-state index is 10.3. The Balaban J connectivity index is 1.76. The normalized spacial score (nSPS) is 27.5. The number of rotatable bonds is 2. The van der Waals surface area contributed by atoms with E-state index >= 15 is 0 Å². The summed E-state index contributed by atoms with van der Waals surface area (Å²) in [6.07, 6.45) is 1.27. The quantitative estimate of drug-likeness (QED) is 0.807. The van der Waals surface area contributed by atoms with Crippen LogP contribution in [0.15, 0.2) is 18.3 Å². The molecule has 0 aliphatic carbocycles. The second-order valence-electron chi connectivity index (χ2n) is 5.17. The zero-order valence-corrected chi connectivity index (χ0v) is 11.3. The molecule has 6 heteroatoms. The minimum Gasteiger partial charge on any atom is -0.390 e. The Morgan fingerprint density at radius 2 is 2.15 bits per heavy atom. The van der Waals surface area contributed by atoms with Crippen LogP contribution in [-0.4, -0.2) is 66.5 Å². The molecule has 0 aromatic carbocycles. The number of hydrogen-bond acceptors (Lipinski definition) is 6. The lowest BCUT2D eigenvalue weighted by Gasteiger charge is -2.33. The van der Waals surface area contributed by atoms with E-state index in [4.69, 9.17) is 10.00 Å². The topological polar surface area (TPSA) is 72.6 Å². The van der Waals surface area contributed by atoms with E-state index in [2.05, 4.69) is 16.0 Å². The minimum absolute atomic E-state index is 0.0902. The largest absolute Gasteiger partial charge is 0.390 e. The molecule has 106 valence electrons. The van der Waals surface area contributed by atoms with Gasteiger partial charge in [0.1, 0.15) is 11.9 Å². The monoisotopic (exact) mass is 274 g/mol. The maximum atomic E-state index is 10.3. The molecular weight excluding hydrogens is 256 g/mol. The molecule has 0 unspecified atom stereocenters. The number of hydrogen-bond donors (Lipinski definition) is 1. The van der Waals surface area contributed by atoms with Crippen molar-refractivity contribution in [3.63, 3.8) is 0 Å². The van der Waals surface area contributed by atoms with Crippen molar-refractivity contribution in [2.24, 2.45) is 0 Å². The summed E-state index contributed by atoms with van der Waals surface area (Å²) >= 11 is 0. The average molecular weight is 274 g/mol. The predicted molar refractivity (Wildman–Crippen MR) is 73.4 cm³/mol. The summed E-state index contributed by atoms with van der Waals surface area (Å²) < 4.78 is 5.35. The highest BCUT2D eigenvalue weighted by molar-refractivity contribution is 5.54. The van der Waals surface area contributed by atoms with Gasteiger partial charge in [0.05, 0.1) is 30.9 Å². The Labute approximate surface area is 118 Å². The van der Waals surface area contributed by atoms with Crippen molar-refractivity contribution in [3.05, 3.63) is 23.9 Å². The fraction of sp³-hybridized carbons (Fsp3) is 0.571. The van der Waals surface area contributed by atoms with E-state index in [1.54, 1.807) is 18.3 Å². The number of anilines is 1. The smallest absolute Gasteiger partial charge is 0.146 e. The summed E-state index contributed by atoms with van der Waals surface area (Å²) in [6, 6.07) is 5.77. The van der Waals surface area contributed by atoms with E-state index in [1.807, 2.05) is 4.90 Å². The van der Waals surface area contributed by atoms with Crippen molar-refractivity contribution in [2.45, 2.75) is 12.1 Å². The highest BCUT2D eigenvalue weighted by Crippen LogP contribution is 2.24. The van der Waals surface area contributed by atoms with Gasteiger partial charge >= 0.3 is 0 Å². The average Bonchev–Trinajstić information content (AvgIpc) is 2.90. The van der Waals surface area contributed by atoms with Crippen molar-refractivity contribution in [3.8, 4) is 6.07 Å². The minimum atomic E-state index is -0.415. The second kappa shape index (κ2) is 5.75. The van der Waals surface area contributed by atoms with Gasteiger partial charge in [0.2, 0.25) is 0 Å². The molecule has 2 aliphatic rings. The van der Waals surface area contributed by atoms with Gasteiger partial charge in [-0.05, 0) is 12.1 Å². The van der Waals surface area contributed by atoms with Crippen molar-refractivity contribution in [1.82, 2.24) is 9.88 Å². The number of aromatic nitrogens is 1. The highest BCUT2D eigenvalue weighted by atomic mass is 16.5. The molecule has 2 saturated heterocycles. The standard InChI is InChI=1S/C14H18N4O2/c15-8-11-2-1-3-16-14(11)18-9-12(13(19)10-18)17-4-6-20-7-5-17/h1-3,12-13,19H,4-7,9-10H2/t12-,13-/m0/s1. The van der Waals surface area contributed by atoms with E-state index in [1.165, 1.54) is 0 Å². The number of nitriles is 1. The molecule has 1 aromatic heterocycles. The third-order valence-corrected chi connectivity index (χ3v) is 3.98. The maximum Gasteiger partial charge on any atom is 0.146 e. The van der Waals surface area contributed by atoms with Crippen LogP contribution in [0.4, 0.5) is 5.82 Å². The zero-order chi connectivity index (χ0) is 13.9. The number of morpholine rings is 1. The van der Waals surface area contributed by atoms with Crippen LogP contribution in [0.3, 0.4) is 0 Å². The Morgan fingerprint density at radius 1 is 1.35 bits per heavy atom. The van der Waals surface area contributed by atoms with Crippen LogP contribution >= 0.6 is 0 Å². The predicted octanol–water partition coefficient (Wildman–Crippen LogP) is -0.165. The van der Waals surface area contributed by atoms with Gasteiger partial charge in [-0.25, -0.2) is 4.98 Å². The molecule has 1 N–H and O–H groups in total. The van der Waals surface area contributed by atoms with Crippen LogP contribution < -0.4 is 4.90 Å². The summed E-state index contributed by atoms with van der Waals surface area (Å²) in [4.78, 5) is 8.56. The van der Waals surface area contributed by atoms with Crippen LogP contribution in [-0.2, 0) is 4.74 Å². The molecule has 1 aromatic rings. The number of β-amino-alcohol motifs (C(OH)–C–C–N with tert-alkyl or cyclic N) is 1. The Bertz CT molecular complexity index is 510. The van der Waals surface area contributed by atoms with Gasteiger partial charge < -0.3 is 14.7 Å². The summed E-state index contributed by atoms with van der Waals surface area (Å²) in [5.41, 5.74) is 0.558. The summed E-state index contributed by atoms with van der Waals surface area (Å²) in [5, 5.41) is 19.5. The van der Waals surface area contributed by atoms with E-state index in [9.17, 15) is 5.11 Å². The number of pyridine rings is 1. The summed E-state index contributed by atoms with van der Waals surface area (Å²) in [7, 11) is 0. The van der Waals surface area contributed by atoms with Gasteiger partial charge in [0, 0.05) is 32.4 Å². The molecule has 2 fully saturated rings. The van der Waals surface area contributed by atoms with Crippen LogP contribution in [0.25, 0.3) is 0 Å². The summed E-state index contributed by atoms with van der Waals surface area (Å²) in [5.74, 6) is 0.671. The van der Waals surface area contributed by atoms with E-state index in [-0.39, 0.29) is 6.04 Å². The van der Waals surface area contributed by atoms with Gasteiger partial charge in [-0.15, -0.1) is 0 Å². The fourth-order valence-electron chi connectivity index (χ4n) is 2.95. The van der Waals surface area contributed by atoms with Gasteiger partial charge in [-0.1, -0.05) is 0 Å². The van der Waals surface area contributed by atoms with Crippen molar-refractivity contribution in [1.29, 1.82) is 5.26 Å². The van der Waals surface area contributed by atoms with E-state index in [0.717, 1.165) is 26.3 Å². The molecule has 0 bridgehead atoms.